The van der Waals surface area contributed by atoms with Gasteiger partial charge in [-0.1, -0.05) is 6.07 Å². The van der Waals surface area contributed by atoms with Crippen molar-refractivity contribution in [3.63, 3.8) is 0 Å². The first-order chi connectivity index (χ1) is 14.2. The van der Waals surface area contributed by atoms with Gasteiger partial charge in [-0.15, -0.1) is 11.3 Å². The van der Waals surface area contributed by atoms with Gasteiger partial charge < -0.3 is 9.64 Å². The Morgan fingerprint density at radius 2 is 2.00 bits per heavy atom. The molecule has 0 spiro atoms. The van der Waals surface area contributed by atoms with Crippen molar-refractivity contribution in [1.29, 1.82) is 0 Å². The highest BCUT2D eigenvalue weighted by Gasteiger charge is 2.25. The number of pyridine rings is 1. The van der Waals surface area contributed by atoms with Gasteiger partial charge in [-0.25, -0.2) is 4.98 Å². The summed E-state index contributed by atoms with van der Waals surface area (Å²) in [5.41, 5.74) is 4.78. The van der Waals surface area contributed by atoms with Crippen LogP contribution in [0.1, 0.15) is 25.3 Å². The third kappa shape index (κ3) is 4.19. The van der Waals surface area contributed by atoms with Gasteiger partial charge in [-0.05, 0) is 49.6 Å². The average molecular weight is 407 g/mol. The first kappa shape index (κ1) is 19.3. The Bertz CT molecular complexity index is 1030. The number of ether oxygens (including phenoxy) is 1. The number of fused-ring (bicyclic) bond motifs is 1. The summed E-state index contributed by atoms with van der Waals surface area (Å²) in [6.07, 6.45) is 5.48. The Morgan fingerprint density at radius 1 is 1.17 bits per heavy atom. The van der Waals surface area contributed by atoms with Crippen LogP contribution < -0.4 is 4.90 Å². The zero-order valence-electron chi connectivity index (χ0n) is 16.1. The molecular formula is C22H21N3O3S. The Balaban J connectivity index is 1.64. The minimum atomic E-state index is -0.390. The van der Waals surface area contributed by atoms with E-state index in [2.05, 4.69) is 11.1 Å². The summed E-state index contributed by atoms with van der Waals surface area (Å²) >= 11 is 1.59. The normalized spacial score (nSPS) is 13.7. The molecule has 1 amide bonds. The second-order valence-electron chi connectivity index (χ2n) is 6.76. The summed E-state index contributed by atoms with van der Waals surface area (Å²) in [4.78, 5) is 34.9. The van der Waals surface area contributed by atoms with E-state index < -0.39 is 0 Å². The highest BCUT2D eigenvalue weighted by atomic mass is 32.1. The molecule has 7 heteroatoms. The van der Waals surface area contributed by atoms with Crippen molar-refractivity contribution < 1.29 is 14.3 Å². The van der Waals surface area contributed by atoms with Gasteiger partial charge in [0.15, 0.2) is 0 Å². The lowest BCUT2D eigenvalue weighted by Gasteiger charge is -2.22. The van der Waals surface area contributed by atoms with Crippen molar-refractivity contribution in [3.05, 3.63) is 53.7 Å². The molecule has 3 heterocycles. The molecular weight excluding hydrogens is 386 g/mol. The van der Waals surface area contributed by atoms with Crippen LogP contribution in [0.15, 0.2) is 48.1 Å². The Labute approximate surface area is 173 Å². The fourth-order valence-electron chi connectivity index (χ4n) is 3.45. The summed E-state index contributed by atoms with van der Waals surface area (Å²) < 4.78 is 5.04. The largest absolute Gasteiger partial charge is 0.465 e. The van der Waals surface area contributed by atoms with Crippen LogP contribution in [0.4, 0.5) is 5.69 Å². The number of thiazole rings is 1. The molecule has 0 fully saturated rings. The van der Waals surface area contributed by atoms with E-state index in [0.717, 1.165) is 45.9 Å². The molecule has 29 heavy (non-hydrogen) atoms. The van der Waals surface area contributed by atoms with Gasteiger partial charge in [0.25, 0.3) is 0 Å². The van der Waals surface area contributed by atoms with Crippen LogP contribution in [-0.4, -0.2) is 35.0 Å². The molecule has 0 radical (unpaired) electrons. The second kappa shape index (κ2) is 8.53. The lowest BCUT2D eigenvalue weighted by atomic mass is 10.0. The molecule has 0 N–H and O–H groups in total. The number of aryl methyl sites for hydroxylation is 1. The minimum Gasteiger partial charge on any atom is -0.465 e. The molecule has 4 rings (SSSR count). The van der Waals surface area contributed by atoms with Crippen molar-refractivity contribution in [2.75, 3.05) is 18.1 Å². The quantitative estimate of drug-likeness (QED) is 0.595. The minimum absolute atomic E-state index is 0.0433. The van der Waals surface area contributed by atoms with E-state index in [1.54, 1.807) is 35.6 Å². The number of amides is 1. The van der Waals surface area contributed by atoms with Crippen LogP contribution in [0.25, 0.3) is 21.8 Å². The number of benzene rings is 1. The molecule has 0 aliphatic carbocycles. The Morgan fingerprint density at radius 3 is 2.79 bits per heavy atom. The predicted molar refractivity (Wildman–Crippen MR) is 113 cm³/mol. The van der Waals surface area contributed by atoms with E-state index in [0.29, 0.717) is 13.0 Å². The molecule has 0 saturated heterocycles. The van der Waals surface area contributed by atoms with Crippen LogP contribution in [0.2, 0.25) is 0 Å². The average Bonchev–Trinajstić information content (AvgIpc) is 3.18. The first-order valence-electron chi connectivity index (χ1n) is 9.61. The highest BCUT2D eigenvalue weighted by Crippen LogP contribution is 2.33. The highest BCUT2D eigenvalue weighted by molar-refractivity contribution is 7.13. The first-order valence-corrected chi connectivity index (χ1v) is 10.5. The molecule has 6 nitrogen and oxygen atoms in total. The molecule has 148 valence electrons. The summed E-state index contributed by atoms with van der Waals surface area (Å²) in [7, 11) is 0. The van der Waals surface area contributed by atoms with Crippen molar-refractivity contribution in [3.8, 4) is 21.8 Å². The topological polar surface area (TPSA) is 72.4 Å². The second-order valence-corrected chi connectivity index (χ2v) is 7.61. The maximum Gasteiger partial charge on any atom is 0.326 e. The number of hydrogen-bond acceptors (Lipinski definition) is 6. The number of rotatable bonds is 5. The van der Waals surface area contributed by atoms with Crippen LogP contribution in [-0.2, 0) is 20.7 Å². The molecule has 0 atom stereocenters. The molecule has 1 aliphatic heterocycles. The smallest absolute Gasteiger partial charge is 0.326 e. The third-order valence-electron chi connectivity index (χ3n) is 4.83. The van der Waals surface area contributed by atoms with Crippen molar-refractivity contribution in [1.82, 2.24) is 9.97 Å². The molecule has 2 aromatic heterocycles. The van der Waals surface area contributed by atoms with Crippen LogP contribution >= 0.6 is 11.3 Å². The number of carbonyl (C=O) groups is 2. The van der Waals surface area contributed by atoms with E-state index in [9.17, 15) is 9.59 Å². The molecule has 0 bridgehead atoms. The molecule has 0 saturated carbocycles. The summed E-state index contributed by atoms with van der Waals surface area (Å²) in [5.74, 6) is -0.433. The van der Waals surface area contributed by atoms with Gasteiger partial charge in [-0.3, -0.25) is 14.6 Å². The third-order valence-corrected chi connectivity index (χ3v) is 5.72. The monoisotopic (exact) mass is 407 g/mol. The lowest BCUT2D eigenvalue weighted by Crippen LogP contribution is -2.36. The zero-order valence-corrected chi connectivity index (χ0v) is 16.9. The maximum absolute atomic E-state index is 12.5. The van der Waals surface area contributed by atoms with E-state index in [-0.39, 0.29) is 18.4 Å². The Kier molecular flexibility index (Phi) is 5.67. The van der Waals surface area contributed by atoms with Crippen molar-refractivity contribution >= 4 is 28.9 Å². The molecule has 1 aliphatic rings. The summed E-state index contributed by atoms with van der Waals surface area (Å²) in [6, 6.07) is 9.84. The van der Waals surface area contributed by atoms with Crippen LogP contribution in [0, 0.1) is 0 Å². The maximum atomic E-state index is 12.5. The van der Waals surface area contributed by atoms with Crippen molar-refractivity contribution in [2.45, 2.75) is 26.2 Å². The molecule has 0 unspecified atom stereocenters. The molecule has 3 aromatic rings. The Hall–Kier alpha value is -3.06. The SMILES string of the molecule is CCOC(=O)CN1C(=O)CCCc2cc(-c3csc(-c4ccncc4)n3)ccc21. The molecule has 1 aromatic carbocycles. The van der Waals surface area contributed by atoms with Gasteiger partial charge in [-0.2, -0.15) is 0 Å². The van der Waals surface area contributed by atoms with Gasteiger partial charge >= 0.3 is 5.97 Å². The predicted octanol–water partition coefficient (Wildman–Crippen LogP) is 4.10. The van der Waals surface area contributed by atoms with Crippen molar-refractivity contribution in [2.24, 2.45) is 0 Å². The fourth-order valence-corrected chi connectivity index (χ4v) is 4.29. The number of anilines is 1. The van der Waals surface area contributed by atoms with E-state index in [1.165, 1.54) is 0 Å². The number of carbonyl (C=O) groups excluding carboxylic acids is 2. The lowest BCUT2D eigenvalue weighted by molar-refractivity contribution is -0.142. The van der Waals surface area contributed by atoms with Crippen LogP contribution in [0.5, 0.6) is 0 Å². The standard InChI is InChI=1S/C22H21N3O3S/c1-2-28-21(27)13-25-19-7-6-16(12-17(19)4-3-5-20(25)26)18-14-29-22(24-18)15-8-10-23-11-9-15/h6-12,14H,2-5,13H2,1H3. The number of aromatic nitrogens is 2. The fraction of sp³-hybridized carbons (Fsp3) is 0.273. The van der Waals surface area contributed by atoms with E-state index in [1.807, 2.05) is 29.6 Å². The van der Waals surface area contributed by atoms with Crippen LogP contribution in [0.3, 0.4) is 0 Å². The van der Waals surface area contributed by atoms with E-state index >= 15 is 0 Å². The van der Waals surface area contributed by atoms with Gasteiger partial charge in [0, 0.05) is 41.0 Å². The van der Waals surface area contributed by atoms with Gasteiger partial charge in [0.1, 0.15) is 11.6 Å². The number of esters is 1. The number of hydrogen-bond donors (Lipinski definition) is 0. The summed E-state index contributed by atoms with van der Waals surface area (Å²) in [6.45, 7) is 2.01. The summed E-state index contributed by atoms with van der Waals surface area (Å²) in [5, 5.41) is 2.98. The van der Waals surface area contributed by atoms with E-state index in [4.69, 9.17) is 9.72 Å². The zero-order chi connectivity index (χ0) is 20.2. The van der Waals surface area contributed by atoms with Gasteiger partial charge in [0.2, 0.25) is 5.91 Å². The number of nitrogens with zero attached hydrogens (tertiary/aromatic N) is 3. The van der Waals surface area contributed by atoms with Gasteiger partial charge in [0.05, 0.1) is 12.3 Å².